The third-order valence-corrected chi connectivity index (χ3v) is 13.9. The minimum absolute atomic E-state index is 0.0261. The fourth-order valence-electron chi connectivity index (χ4n) is 10.4. The van der Waals surface area contributed by atoms with Crippen molar-refractivity contribution in [2.45, 2.75) is 45.4 Å². The predicted molar refractivity (Wildman–Crippen MR) is 273 cm³/mol. The van der Waals surface area contributed by atoms with E-state index >= 15 is 0 Å². The minimum atomic E-state index is -0.406. The van der Waals surface area contributed by atoms with Crippen molar-refractivity contribution in [1.29, 1.82) is 0 Å². The Bertz CT molecular complexity index is 3440. The van der Waals surface area contributed by atoms with Crippen molar-refractivity contribution >= 4 is 28.1 Å². The summed E-state index contributed by atoms with van der Waals surface area (Å²) in [6.07, 6.45) is 0. The van der Waals surface area contributed by atoms with Gasteiger partial charge >= 0.3 is 0 Å². The highest BCUT2D eigenvalue weighted by Crippen LogP contribution is 2.54. The largest absolute Gasteiger partial charge is 0.310 e. The van der Waals surface area contributed by atoms with Gasteiger partial charge in [0.05, 0.1) is 11.0 Å². The second-order valence-corrected chi connectivity index (χ2v) is 19.2. The quantitative estimate of drug-likeness (QED) is 0.172. The van der Waals surface area contributed by atoms with Gasteiger partial charge in [-0.25, -0.2) is 4.98 Å². The highest BCUT2D eigenvalue weighted by atomic mass is 15.1. The van der Waals surface area contributed by atoms with Gasteiger partial charge in [0.1, 0.15) is 5.82 Å². The Morgan fingerprint density at radius 3 is 1.66 bits per heavy atom. The number of hydrogen-bond acceptors (Lipinski definition) is 2. The van der Waals surface area contributed by atoms with Crippen LogP contribution in [-0.4, -0.2) is 9.55 Å². The monoisotopic (exact) mass is 835 g/mol. The van der Waals surface area contributed by atoms with E-state index in [1.807, 2.05) is 0 Å². The zero-order valence-electron chi connectivity index (χ0n) is 37.5. The Labute approximate surface area is 382 Å². The van der Waals surface area contributed by atoms with Gasteiger partial charge in [-0.2, -0.15) is 0 Å². The molecule has 0 amide bonds. The second kappa shape index (κ2) is 14.7. The van der Waals surface area contributed by atoms with Crippen LogP contribution in [0.25, 0.3) is 83.7 Å². The van der Waals surface area contributed by atoms with E-state index < -0.39 is 5.41 Å². The zero-order chi connectivity index (χ0) is 44.0. The van der Waals surface area contributed by atoms with E-state index in [9.17, 15) is 0 Å². The summed E-state index contributed by atoms with van der Waals surface area (Å²) in [5, 5.41) is 0. The van der Waals surface area contributed by atoms with E-state index in [1.165, 1.54) is 72.3 Å². The number of benzene rings is 9. The number of imidazole rings is 1. The molecule has 312 valence electrons. The van der Waals surface area contributed by atoms with E-state index in [4.69, 9.17) is 4.98 Å². The second-order valence-electron chi connectivity index (χ2n) is 19.2. The Kier molecular flexibility index (Phi) is 8.77. The number of rotatable bonds is 5. The molecule has 65 heavy (non-hydrogen) atoms. The van der Waals surface area contributed by atoms with Crippen molar-refractivity contribution in [3.8, 4) is 72.7 Å². The molecule has 6 bridgehead atoms. The van der Waals surface area contributed by atoms with E-state index in [0.717, 1.165) is 45.2 Å². The molecule has 0 atom stereocenters. The molecule has 0 unspecified atom stereocenters. The molecule has 0 N–H and O–H groups in total. The molecule has 0 saturated carbocycles. The summed E-state index contributed by atoms with van der Waals surface area (Å²) < 4.78 is 2.31. The molecule has 0 spiro atoms. The normalized spacial score (nSPS) is 13.1. The molecule has 3 nitrogen and oxygen atoms in total. The summed E-state index contributed by atoms with van der Waals surface area (Å²) in [6.45, 7) is 11.7. The van der Waals surface area contributed by atoms with Crippen LogP contribution in [0.3, 0.4) is 0 Å². The molecule has 0 saturated heterocycles. The third kappa shape index (κ3) is 6.29. The number of hydrogen-bond donors (Lipinski definition) is 0. The molecular weight excluding hydrogens is 787 g/mol. The van der Waals surface area contributed by atoms with Gasteiger partial charge in [-0.15, -0.1) is 0 Å². The Hall–Kier alpha value is -7.75. The van der Waals surface area contributed by atoms with Crippen molar-refractivity contribution in [2.24, 2.45) is 0 Å². The zero-order valence-corrected chi connectivity index (χ0v) is 37.5. The lowest BCUT2D eigenvalue weighted by molar-refractivity contribution is 0.590. The van der Waals surface area contributed by atoms with Gasteiger partial charge in [-0.1, -0.05) is 156 Å². The molecule has 1 aromatic heterocycles. The fraction of sp³-hybridized carbons (Fsp3) is 0.113. The summed E-state index contributed by atoms with van der Waals surface area (Å²) in [5.41, 5.74) is 23.4. The predicted octanol–water partition coefficient (Wildman–Crippen LogP) is 16.7. The molecule has 10 aromatic rings. The number of anilines is 3. The summed E-state index contributed by atoms with van der Waals surface area (Å²) in [4.78, 5) is 7.71. The maximum Gasteiger partial charge on any atom is 0.145 e. The molecule has 1 heterocycles. The lowest BCUT2D eigenvalue weighted by Gasteiger charge is -2.33. The van der Waals surface area contributed by atoms with Crippen molar-refractivity contribution in [3.63, 3.8) is 0 Å². The average molecular weight is 836 g/mol. The van der Waals surface area contributed by atoms with Crippen molar-refractivity contribution in [1.82, 2.24) is 9.55 Å². The third-order valence-electron chi connectivity index (χ3n) is 13.9. The standard InChI is InChI=1S/C62H49N3/c1-61(2,3)42-27-32-50-51-33-28-43-38-55(51)56-39-47(64(44-17-9-6-10-18-44)45-19-11-7-12-20-45)29-34-52(56)49-31-25-40(35-53(49)54(50)37-42)48-30-26-41(36-57(48)62(43,4)5)60-63-58-23-15-16-24-59(58)65(60)46-21-13-8-14-22-46/h6-39H,1-5H3. The van der Waals surface area contributed by atoms with Crippen LogP contribution < -0.4 is 4.90 Å². The molecule has 3 heteroatoms. The summed E-state index contributed by atoms with van der Waals surface area (Å²) in [5.74, 6) is 0.932. The molecule has 0 fully saturated rings. The first-order valence-corrected chi connectivity index (χ1v) is 22.8. The number of aromatic nitrogens is 2. The van der Waals surface area contributed by atoms with Crippen LogP contribution in [-0.2, 0) is 10.8 Å². The number of nitrogens with zero attached hydrogens (tertiary/aromatic N) is 3. The first-order chi connectivity index (χ1) is 31.6. The van der Waals surface area contributed by atoms with E-state index in [-0.39, 0.29) is 5.41 Å². The molecule has 0 aliphatic heterocycles. The van der Waals surface area contributed by atoms with Gasteiger partial charge in [-0.05, 0) is 163 Å². The average Bonchev–Trinajstić information content (AvgIpc) is 3.73. The van der Waals surface area contributed by atoms with Gasteiger partial charge in [0.2, 0.25) is 0 Å². The van der Waals surface area contributed by atoms with Crippen LogP contribution in [0.1, 0.15) is 51.3 Å². The minimum Gasteiger partial charge on any atom is -0.310 e. The summed E-state index contributed by atoms with van der Waals surface area (Å²) in [6, 6.07) is 76.4. The molecule has 5 aliphatic rings. The Morgan fingerprint density at radius 2 is 0.969 bits per heavy atom. The highest BCUT2D eigenvalue weighted by Gasteiger charge is 2.33. The Balaban J connectivity index is 1.15. The van der Waals surface area contributed by atoms with Crippen LogP contribution in [0.15, 0.2) is 206 Å². The molecule has 5 aliphatic carbocycles. The molecule has 9 aromatic carbocycles. The number of fused-ring (bicyclic) bond motifs is 3. The van der Waals surface area contributed by atoms with E-state index in [0.29, 0.717) is 0 Å². The fourth-order valence-corrected chi connectivity index (χ4v) is 10.4. The van der Waals surface area contributed by atoms with Gasteiger partial charge in [0.25, 0.3) is 0 Å². The highest BCUT2D eigenvalue weighted by molar-refractivity contribution is 6.05. The molecule has 0 radical (unpaired) electrons. The van der Waals surface area contributed by atoms with E-state index in [2.05, 4.69) is 250 Å². The SMILES string of the molecule is CC(C)(C)c1ccc2c(c1)-c1cc3ccc1-c1ccc(N(c4ccccc4)c4ccccc4)cc1-c1cc(ccc1-2)C(C)(C)c1cc(-c2nc4ccccc4n2-c2ccccc2)ccc1-3. The summed E-state index contributed by atoms with van der Waals surface area (Å²) in [7, 11) is 0. The van der Waals surface area contributed by atoms with Gasteiger partial charge in [-0.3, -0.25) is 4.57 Å². The lowest BCUT2D eigenvalue weighted by Crippen LogP contribution is -2.21. The van der Waals surface area contributed by atoms with Crippen LogP contribution in [0, 0.1) is 0 Å². The van der Waals surface area contributed by atoms with Crippen molar-refractivity contribution < 1.29 is 0 Å². The van der Waals surface area contributed by atoms with Crippen molar-refractivity contribution in [3.05, 3.63) is 223 Å². The number of para-hydroxylation sites is 5. The first kappa shape index (κ1) is 38.9. The molecule has 15 rings (SSSR count). The maximum atomic E-state index is 5.33. The smallest absolute Gasteiger partial charge is 0.145 e. The lowest BCUT2D eigenvalue weighted by atomic mass is 9.70. The van der Waals surface area contributed by atoms with Gasteiger partial charge in [0.15, 0.2) is 0 Å². The van der Waals surface area contributed by atoms with Gasteiger partial charge in [0, 0.05) is 33.7 Å². The van der Waals surface area contributed by atoms with Crippen LogP contribution in [0.5, 0.6) is 0 Å². The summed E-state index contributed by atoms with van der Waals surface area (Å²) >= 11 is 0. The first-order valence-electron chi connectivity index (χ1n) is 22.8. The van der Waals surface area contributed by atoms with Crippen LogP contribution >= 0.6 is 0 Å². The van der Waals surface area contributed by atoms with Gasteiger partial charge < -0.3 is 4.90 Å². The van der Waals surface area contributed by atoms with E-state index in [1.54, 1.807) is 0 Å². The van der Waals surface area contributed by atoms with Crippen LogP contribution in [0.4, 0.5) is 17.1 Å². The Morgan fingerprint density at radius 1 is 0.431 bits per heavy atom. The van der Waals surface area contributed by atoms with Crippen molar-refractivity contribution in [2.75, 3.05) is 4.90 Å². The maximum absolute atomic E-state index is 5.33. The van der Waals surface area contributed by atoms with Crippen LogP contribution in [0.2, 0.25) is 0 Å². The topological polar surface area (TPSA) is 21.1 Å². The molecular formula is C62H49N3.